The molecular weight excluding hydrogens is 232 g/mol. The van der Waals surface area contributed by atoms with Crippen molar-refractivity contribution in [2.75, 3.05) is 0 Å². The van der Waals surface area contributed by atoms with Gasteiger partial charge in [0, 0.05) is 11.5 Å². The second-order valence-electron chi connectivity index (χ2n) is 5.51. The van der Waals surface area contributed by atoms with E-state index in [9.17, 15) is 5.11 Å². The molecule has 106 valence electrons. The molecule has 0 aromatic heterocycles. The van der Waals surface area contributed by atoms with Gasteiger partial charge in [0.25, 0.3) is 0 Å². The molecule has 1 aromatic carbocycles. The lowest BCUT2D eigenvalue weighted by Crippen LogP contribution is -2.00. The summed E-state index contributed by atoms with van der Waals surface area (Å²) < 4.78 is 0. The van der Waals surface area contributed by atoms with Crippen molar-refractivity contribution >= 4 is 0 Å². The lowest BCUT2D eigenvalue weighted by Gasteiger charge is -2.18. The zero-order chi connectivity index (χ0) is 14.1. The van der Waals surface area contributed by atoms with Crippen molar-refractivity contribution in [2.45, 2.75) is 64.7 Å². The molecule has 0 bridgehead atoms. The fraction of sp³-hybridized carbons (Fsp3) is 0.556. The summed E-state index contributed by atoms with van der Waals surface area (Å²) in [6.45, 7) is 8.40. The highest BCUT2D eigenvalue weighted by Crippen LogP contribution is 2.34. The highest BCUT2D eigenvalue weighted by atomic mass is 16.3. The molecule has 1 nitrogen and oxygen atoms in total. The zero-order valence-electron chi connectivity index (χ0n) is 12.5. The van der Waals surface area contributed by atoms with Crippen LogP contribution in [0.5, 0.6) is 5.75 Å². The largest absolute Gasteiger partial charge is 0.508 e. The first-order valence-corrected chi connectivity index (χ1v) is 7.60. The molecule has 1 aromatic rings. The standard InChI is InChI=1S/C18H28O/c1-4-5-6-7-8-9-12-16(15(2)3)17-13-10-11-14-18(17)19/h10-11,13-14,16,19H,2,4-9,12H2,1,3H3. The van der Waals surface area contributed by atoms with E-state index in [0.29, 0.717) is 11.7 Å². The van der Waals surface area contributed by atoms with Gasteiger partial charge in [-0.15, -0.1) is 0 Å². The summed E-state index contributed by atoms with van der Waals surface area (Å²) in [5.74, 6) is 0.703. The van der Waals surface area contributed by atoms with E-state index in [1.807, 2.05) is 18.2 Å². The van der Waals surface area contributed by atoms with Crippen LogP contribution in [0.15, 0.2) is 36.4 Å². The zero-order valence-corrected chi connectivity index (χ0v) is 12.5. The van der Waals surface area contributed by atoms with Crippen molar-refractivity contribution in [1.29, 1.82) is 0 Å². The quantitative estimate of drug-likeness (QED) is 0.439. The van der Waals surface area contributed by atoms with Gasteiger partial charge in [-0.2, -0.15) is 0 Å². The fourth-order valence-electron chi connectivity index (χ4n) is 2.58. The molecular formula is C18H28O. The second kappa shape index (κ2) is 8.79. The third-order valence-electron chi connectivity index (χ3n) is 3.75. The fourth-order valence-corrected chi connectivity index (χ4v) is 2.58. The average Bonchev–Trinajstić information content (AvgIpc) is 2.39. The lowest BCUT2D eigenvalue weighted by molar-refractivity contribution is 0.459. The Kier molecular flexibility index (Phi) is 7.32. The number of phenolic OH excluding ortho intramolecular Hbond substituents is 1. The first-order valence-electron chi connectivity index (χ1n) is 7.60. The molecule has 0 aliphatic rings. The normalized spacial score (nSPS) is 12.3. The molecule has 0 saturated heterocycles. The molecule has 1 heteroatoms. The van der Waals surface area contributed by atoms with E-state index < -0.39 is 0 Å². The minimum Gasteiger partial charge on any atom is -0.508 e. The molecule has 19 heavy (non-hydrogen) atoms. The summed E-state index contributed by atoms with van der Waals surface area (Å²) in [4.78, 5) is 0. The number of aromatic hydroxyl groups is 1. The summed E-state index contributed by atoms with van der Waals surface area (Å²) in [6.07, 6.45) is 8.93. The lowest BCUT2D eigenvalue weighted by atomic mass is 9.87. The maximum absolute atomic E-state index is 9.96. The van der Waals surface area contributed by atoms with Crippen LogP contribution in [0.1, 0.15) is 70.3 Å². The van der Waals surface area contributed by atoms with Crippen molar-refractivity contribution in [3.63, 3.8) is 0 Å². The smallest absolute Gasteiger partial charge is 0.119 e. The van der Waals surface area contributed by atoms with Crippen molar-refractivity contribution < 1.29 is 5.11 Å². The topological polar surface area (TPSA) is 20.2 Å². The van der Waals surface area contributed by atoms with E-state index in [0.717, 1.165) is 17.6 Å². The molecule has 0 heterocycles. The van der Waals surface area contributed by atoms with Crippen LogP contribution in [0, 0.1) is 0 Å². The van der Waals surface area contributed by atoms with Crippen LogP contribution in [-0.2, 0) is 0 Å². The number of benzene rings is 1. The van der Waals surface area contributed by atoms with Crippen LogP contribution in [0.3, 0.4) is 0 Å². The molecule has 0 fully saturated rings. The first kappa shape index (κ1) is 15.8. The van der Waals surface area contributed by atoms with Crippen LogP contribution < -0.4 is 0 Å². The van der Waals surface area contributed by atoms with Gasteiger partial charge in [-0.1, -0.05) is 75.8 Å². The van der Waals surface area contributed by atoms with Crippen molar-refractivity contribution in [3.05, 3.63) is 42.0 Å². The average molecular weight is 260 g/mol. The van der Waals surface area contributed by atoms with Crippen molar-refractivity contribution in [2.24, 2.45) is 0 Å². The predicted molar refractivity (Wildman–Crippen MR) is 83.7 cm³/mol. The highest BCUT2D eigenvalue weighted by molar-refractivity contribution is 5.38. The summed E-state index contributed by atoms with van der Waals surface area (Å²) in [7, 11) is 0. The molecule has 0 spiro atoms. The van der Waals surface area contributed by atoms with Gasteiger partial charge in [0.1, 0.15) is 5.75 Å². The van der Waals surface area contributed by atoms with Gasteiger partial charge in [0.2, 0.25) is 0 Å². The summed E-state index contributed by atoms with van der Waals surface area (Å²) >= 11 is 0. The number of hydrogen-bond acceptors (Lipinski definition) is 1. The second-order valence-corrected chi connectivity index (χ2v) is 5.51. The third kappa shape index (κ3) is 5.50. The van der Waals surface area contributed by atoms with Gasteiger partial charge in [0.05, 0.1) is 0 Å². The van der Waals surface area contributed by atoms with Crippen LogP contribution in [0.2, 0.25) is 0 Å². The molecule has 0 aliphatic heterocycles. The monoisotopic (exact) mass is 260 g/mol. The number of hydrogen-bond donors (Lipinski definition) is 1. The molecule has 1 N–H and O–H groups in total. The minimum absolute atomic E-state index is 0.298. The van der Waals surface area contributed by atoms with Gasteiger partial charge in [0.15, 0.2) is 0 Å². The predicted octanol–water partition coefficient (Wildman–Crippen LogP) is 5.80. The Morgan fingerprint density at radius 2 is 1.74 bits per heavy atom. The molecule has 1 unspecified atom stereocenters. The van der Waals surface area contributed by atoms with E-state index >= 15 is 0 Å². The molecule has 0 radical (unpaired) electrons. The molecule has 0 aliphatic carbocycles. The summed E-state index contributed by atoms with van der Waals surface area (Å²) in [5.41, 5.74) is 2.18. The molecule has 1 atom stereocenters. The van der Waals surface area contributed by atoms with Crippen LogP contribution in [0.4, 0.5) is 0 Å². The van der Waals surface area contributed by atoms with Gasteiger partial charge < -0.3 is 5.11 Å². The maximum atomic E-state index is 9.96. The molecule has 0 amide bonds. The highest BCUT2D eigenvalue weighted by Gasteiger charge is 2.15. The number of para-hydroxylation sites is 1. The number of rotatable bonds is 9. The van der Waals surface area contributed by atoms with Gasteiger partial charge in [-0.3, -0.25) is 0 Å². The third-order valence-corrected chi connectivity index (χ3v) is 3.75. The Morgan fingerprint density at radius 3 is 2.37 bits per heavy atom. The first-order chi connectivity index (χ1) is 9.16. The van der Waals surface area contributed by atoms with Gasteiger partial charge in [-0.25, -0.2) is 0 Å². The Labute approximate surface area is 118 Å². The van der Waals surface area contributed by atoms with E-state index in [1.165, 1.54) is 38.5 Å². The van der Waals surface area contributed by atoms with Crippen LogP contribution in [-0.4, -0.2) is 5.11 Å². The number of phenols is 1. The van der Waals surface area contributed by atoms with Crippen molar-refractivity contribution in [3.8, 4) is 5.75 Å². The van der Waals surface area contributed by atoms with Gasteiger partial charge in [-0.05, 0) is 19.4 Å². The van der Waals surface area contributed by atoms with Crippen LogP contribution in [0.25, 0.3) is 0 Å². The maximum Gasteiger partial charge on any atom is 0.119 e. The van der Waals surface area contributed by atoms with E-state index in [1.54, 1.807) is 6.07 Å². The number of allylic oxidation sites excluding steroid dienone is 1. The summed E-state index contributed by atoms with van der Waals surface area (Å²) in [5, 5.41) is 9.96. The van der Waals surface area contributed by atoms with E-state index in [4.69, 9.17) is 0 Å². The Hall–Kier alpha value is -1.24. The molecule has 1 rings (SSSR count). The Morgan fingerprint density at radius 1 is 1.11 bits per heavy atom. The Balaban J connectivity index is 2.46. The van der Waals surface area contributed by atoms with E-state index in [2.05, 4.69) is 20.4 Å². The van der Waals surface area contributed by atoms with Crippen molar-refractivity contribution in [1.82, 2.24) is 0 Å². The number of unbranched alkanes of at least 4 members (excludes halogenated alkanes) is 5. The Bertz CT molecular complexity index is 381. The van der Waals surface area contributed by atoms with Gasteiger partial charge >= 0.3 is 0 Å². The minimum atomic E-state index is 0.298. The SMILES string of the molecule is C=C(C)C(CCCCCCCC)c1ccccc1O. The molecule has 0 saturated carbocycles. The van der Waals surface area contributed by atoms with E-state index in [-0.39, 0.29) is 0 Å². The van der Waals surface area contributed by atoms with Crippen LogP contribution >= 0.6 is 0 Å². The summed E-state index contributed by atoms with van der Waals surface area (Å²) in [6, 6.07) is 7.66.